The molecule has 48 heavy (non-hydrogen) atoms. The Kier molecular flexibility index (Phi) is 6.01. The van der Waals surface area contributed by atoms with Gasteiger partial charge in [0.05, 0.1) is 0 Å². The van der Waals surface area contributed by atoms with Gasteiger partial charge in [-0.25, -0.2) is 15.0 Å². The lowest BCUT2D eigenvalue weighted by atomic mass is 9.98. The summed E-state index contributed by atoms with van der Waals surface area (Å²) in [5.41, 5.74) is 6.69. The second kappa shape index (κ2) is 10.7. The highest BCUT2D eigenvalue weighted by Crippen LogP contribution is 2.40. The molecule has 0 aliphatic rings. The molecule has 0 aliphatic heterocycles. The number of hydrogen-bond acceptors (Lipinski definition) is 5. The molecular formula is C43H25N3OS. The van der Waals surface area contributed by atoms with Gasteiger partial charge in [-0.05, 0) is 64.4 Å². The maximum Gasteiger partial charge on any atom is 0.164 e. The van der Waals surface area contributed by atoms with Crippen LogP contribution in [0.1, 0.15) is 0 Å². The summed E-state index contributed by atoms with van der Waals surface area (Å²) in [6.45, 7) is 0. The topological polar surface area (TPSA) is 51.8 Å². The van der Waals surface area contributed by atoms with Crippen molar-refractivity contribution in [2.24, 2.45) is 0 Å². The van der Waals surface area contributed by atoms with Crippen LogP contribution in [0.25, 0.3) is 98.2 Å². The molecule has 0 saturated heterocycles. The molecule has 3 heterocycles. The highest BCUT2D eigenvalue weighted by atomic mass is 32.1. The lowest BCUT2D eigenvalue weighted by Crippen LogP contribution is -2.00. The minimum atomic E-state index is 0.613. The van der Waals surface area contributed by atoms with Gasteiger partial charge in [-0.3, -0.25) is 0 Å². The summed E-state index contributed by atoms with van der Waals surface area (Å²) in [4.78, 5) is 14.9. The molecule has 0 radical (unpaired) electrons. The first-order valence-electron chi connectivity index (χ1n) is 15.9. The lowest BCUT2D eigenvalue weighted by Gasteiger charge is -2.09. The Hall–Kier alpha value is -6.17. The summed E-state index contributed by atoms with van der Waals surface area (Å²) in [5, 5.41) is 7.14. The second-order valence-electron chi connectivity index (χ2n) is 12.0. The van der Waals surface area contributed by atoms with Crippen LogP contribution in [-0.4, -0.2) is 15.0 Å². The van der Waals surface area contributed by atoms with Crippen LogP contribution in [0.5, 0.6) is 0 Å². The van der Waals surface area contributed by atoms with Crippen LogP contribution in [0.15, 0.2) is 156 Å². The highest BCUT2D eigenvalue weighted by molar-refractivity contribution is 7.25. The van der Waals surface area contributed by atoms with Crippen molar-refractivity contribution in [3.8, 4) is 45.3 Å². The van der Waals surface area contributed by atoms with E-state index in [0.717, 1.165) is 49.8 Å². The molecule has 0 atom stereocenters. The molecule has 0 aliphatic carbocycles. The van der Waals surface area contributed by atoms with Crippen molar-refractivity contribution >= 4 is 64.2 Å². The van der Waals surface area contributed by atoms with Gasteiger partial charge in [0.15, 0.2) is 17.5 Å². The summed E-state index contributed by atoms with van der Waals surface area (Å²) >= 11 is 1.85. The van der Waals surface area contributed by atoms with E-state index in [9.17, 15) is 0 Å². The first kappa shape index (κ1) is 27.0. The van der Waals surface area contributed by atoms with E-state index < -0.39 is 0 Å². The zero-order valence-corrected chi connectivity index (χ0v) is 26.4. The van der Waals surface area contributed by atoms with E-state index in [1.165, 1.54) is 30.9 Å². The first-order chi connectivity index (χ1) is 23.7. The largest absolute Gasteiger partial charge is 0.456 e. The molecule has 0 amide bonds. The summed E-state index contributed by atoms with van der Waals surface area (Å²) in [5.74, 6) is 1.88. The Morgan fingerprint density at radius 1 is 0.396 bits per heavy atom. The third kappa shape index (κ3) is 4.40. The molecule has 3 aromatic heterocycles. The average Bonchev–Trinajstić information content (AvgIpc) is 3.71. The molecular weight excluding hydrogens is 607 g/mol. The van der Waals surface area contributed by atoms with Crippen molar-refractivity contribution in [1.82, 2.24) is 15.0 Å². The minimum Gasteiger partial charge on any atom is -0.456 e. The average molecular weight is 632 g/mol. The molecule has 4 nitrogen and oxygen atoms in total. The van der Waals surface area contributed by atoms with Crippen molar-refractivity contribution in [3.63, 3.8) is 0 Å². The smallest absolute Gasteiger partial charge is 0.164 e. The lowest BCUT2D eigenvalue weighted by molar-refractivity contribution is 0.669. The van der Waals surface area contributed by atoms with E-state index >= 15 is 0 Å². The van der Waals surface area contributed by atoms with Crippen LogP contribution in [0.3, 0.4) is 0 Å². The standard InChI is InChI=1S/C43H25N3OS/c1-3-10-26(11-4-1)41-44-42(27-12-5-2-6-13-27)46-43(45-41)34-15-9-16-36-40(34)33-21-20-30(24-37(33)47-36)28-18-19-29-23-35-32-14-7-8-17-38(32)48-39(35)25-31(29)22-28/h1-25H. The maximum atomic E-state index is 6.52. The van der Waals surface area contributed by atoms with Gasteiger partial charge in [-0.2, -0.15) is 0 Å². The van der Waals surface area contributed by atoms with Gasteiger partial charge in [-0.15, -0.1) is 11.3 Å². The molecule has 0 saturated carbocycles. The quantitative estimate of drug-likeness (QED) is 0.194. The summed E-state index contributed by atoms with van der Waals surface area (Å²) in [7, 11) is 0. The Morgan fingerprint density at radius 2 is 1.08 bits per heavy atom. The first-order valence-corrected chi connectivity index (χ1v) is 16.7. The number of hydrogen-bond donors (Lipinski definition) is 0. The van der Waals surface area contributed by atoms with Crippen molar-refractivity contribution in [3.05, 3.63) is 152 Å². The van der Waals surface area contributed by atoms with Gasteiger partial charge in [0.25, 0.3) is 0 Å². The number of thiophene rings is 1. The van der Waals surface area contributed by atoms with Crippen LogP contribution in [-0.2, 0) is 0 Å². The van der Waals surface area contributed by atoms with E-state index in [1.54, 1.807) is 0 Å². The van der Waals surface area contributed by atoms with Gasteiger partial charge in [-0.1, -0.05) is 109 Å². The number of furan rings is 1. The third-order valence-corrected chi connectivity index (χ3v) is 10.2. The monoisotopic (exact) mass is 631 g/mol. The van der Waals surface area contributed by atoms with E-state index in [2.05, 4.69) is 78.9 Å². The predicted octanol–water partition coefficient (Wildman–Crippen LogP) is 12.0. The Labute approximate surface area is 279 Å². The molecule has 0 bridgehead atoms. The van der Waals surface area contributed by atoms with E-state index in [1.807, 2.05) is 84.1 Å². The molecule has 0 spiro atoms. The number of nitrogens with zero attached hydrogens (tertiary/aromatic N) is 3. The van der Waals surface area contributed by atoms with Crippen molar-refractivity contribution in [1.29, 1.82) is 0 Å². The normalized spacial score (nSPS) is 11.8. The van der Waals surface area contributed by atoms with Crippen LogP contribution < -0.4 is 0 Å². The van der Waals surface area contributed by atoms with E-state index in [-0.39, 0.29) is 0 Å². The van der Waals surface area contributed by atoms with E-state index in [4.69, 9.17) is 19.4 Å². The van der Waals surface area contributed by atoms with Crippen molar-refractivity contribution in [2.45, 2.75) is 0 Å². The molecule has 224 valence electrons. The predicted molar refractivity (Wildman–Crippen MR) is 199 cm³/mol. The molecule has 10 aromatic rings. The fourth-order valence-corrected chi connectivity index (χ4v) is 7.90. The maximum absolute atomic E-state index is 6.52. The van der Waals surface area contributed by atoms with Crippen LogP contribution >= 0.6 is 11.3 Å². The van der Waals surface area contributed by atoms with Crippen molar-refractivity contribution < 1.29 is 4.42 Å². The zero-order chi connectivity index (χ0) is 31.6. The number of rotatable bonds is 4. The Morgan fingerprint density at radius 3 is 1.88 bits per heavy atom. The van der Waals surface area contributed by atoms with Gasteiger partial charge in [0.2, 0.25) is 0 Å². The summed E-state index contributed by atoms with van der Waals surface area (Å²) in [6.07, 6.45) is 0. The number of benzene rings is 7. The highest BCUT2D eigenvalue weighted by Gasteiger charge is 2.18. The Balaban J connectivity index is 1.11. The number of aromatic nitrogens is 3. The molecule has 0 unspecified atom stereocenters. The minimum absolute atomic E-state index is 0.613. The second-order valence-corrected chi connectivity index (χ2v) is 13.1. The summed E-state index contributed by atoms with van der Waals surface area (Å²) in [6, 6.07) is 52.7. The summed E-state index contributed by atoms with van der Waals surface area (Å²) < 4.78 is 9.15. The number of fused-ring (bicyclic) bond motifs is 7. The van der Waals surface area contributed by atoms with Gasteiger partial charge in [0, 0.05) is 47.6 Å². The fourth-order valence-electron chi connectivity index (χ4n) is 6.77. The van der Waals surface area contributed by atoms with Crippen LogP contribution in [0.2, 0.25) is 0 Å². The van der Waals surface area contributed by atoms with Crippen LogP contribution in [0.4, 0.5) is 0 Å². The zero-order valence-electron chi connectivity index (χ0n) is 25.6. The third-order valence-electron chi connectivity index (χ3n) is 9.11. The SMILES string of the molecule is c1ccc(-c2nc(-c3ccccc3)nc(-c3cccc4oc5cc(-c6ccc7cc8c(cc7c6)sc6ccccc68)ccc5c34)n2)cc1. The van der Waals surface area contributed by atoms with Gasteiger partial charge < -0.3 is 4.42 Å². The molecule has 5 heteroatoms. The molecule has 10 rings (SSSR count). The molecule has 0 N–H and O–H groups in total. The van der Waals surface area contributed by atoms with Crippen LogP contribution in [0, 0.1) is 0 Å². The van der Waals surface area contributed by atoms with E-state index in [0.29, 0.717) is 17.5 Å². The molecule has 0 fully saturated rings. The molecule has 7 aromatic carbocycles. The van der Waals surface area contributed by atoms with Crippen molar-refractivity contribution in [2.75, 3.05) is 0 Å². The Bertz CT molecular complexity index is 2780. The van der Waals surface area contributed by atoms with Gasteiger partial charge >= 0.3 is 0 Å². The van der Waals surface area contributed by atoms with Gasteiger partial charge in [0.1, 0.15) is 11.2 Å². The fraction of sp³-hybridized carbons (Fsp3) is 0.